The molecule has 0 unspecified atom stereocenters. The van der Waals surface area contributed by atoms with Crippen LogP contribution in [0.2, 0.25) is 0 Å². The molecule has 0 saturated carbocycles. The van der Waals surface area contributed by atoms with E-state index < -0.39 is 0 Å². The molecular weight excluding hydrogens is 274 g/mol. The summed E-state index contributed by atoms with van der Waals surface area (Å²) in [5.41, 5.74) is 3.87. The fourth-order valence-electron chi connectivity index (χ4n) is 2.91. The van der Waals surface area contributed by atoms with Crippen LogP contribution in [0.1, 0.15) is 21.5 Å². The Balaban J connectivity index is 1.77. The summed E-state index contributed by atoms with van der Waals surface area (Å²) >= 11 is 0. The first-order valence-corrected chi connectivity index (χ1v) is 7.13. The van der Waals surface area contributed by atoms with Gasteiger partial charge in [0.15, 0.2) is 5.78 Å². The van der Waals surface area contributed by atoms with Crippen molar-refractivity contribution in [2.45, 2.75) is 6.42 Å². The normalized spacial score (nSPS) is 15.5. The monoisotopic (exact) mass is 287 g/mol. The number of aromatic hydroxyl groups is 1. The summed E-state index contributed by atoms with van der Waals surface area (Å²) < 4.78 is 0. The first-order valence-electron chi connectivity index (χ1n) is 7.13. The molecule has 106 valence electrons. The molecule has 0 radical (unpaired) electrons. The average molecular weight is 287 g/mol. The predicted octanol–water partition coefficient (Wildman–Crippen LogP) is 3.76. The number of pyridine rings is 1. The van der Waals surface area contributed by atoms with Crippen molar-refractivity contribution in [3.63, 3.8) is 0 Å². The Morgan fingerprint density at radius 2 is 2.00 bits per heavy atom. The van der Waals surface area contributed by atoms with Gasteiger partial charge in [0.25, 0.3) is 0 Å². The third kappa shape index (κ3) is 1.99. The van der Waals surface area contributed by atoms with E-state index in [0.29, 0.717) is 17.6 Å². The van der Waals surface area contributed by atoms with Crippen LogP contribution >= 0.6 is 0 Å². The number of phenols is 1. The van der Waals surface area contributed by atoms with Gasteiger partial charge in [0.05, 0.1) is 5.52 Å². The van der Waals surface area contributed by atoms with E-state index in [0.717, 1.165) is 22.0 Å². The number of allylic oxidation sites excluding steroid dienone is 1. The van der Waals surface area contributed by atoms with Crippen LogP contribution in [0.4, 0.5) is 0 Å². The highest BCUT2D eigenvalue weighted by atomic mass is 16.3. The van der Waals surface area contributed by atoms with Gasteiger partial charge in [-0.2, -0.15) is 0 Å². The predicted molar refractivity (Wildman–Crippen MR) is 85.9 cm³/mol. The van der Waals surface area contributed by atoms with Gasteiger partial charge in [-0.15, -0.1) is 0 Å². The number of ketones is 1. The lowest BCUT2D eigenvalue weighted by molar-refractivity contribution is 0.104. The Labute approximate surface area is 127 Å². The molecule has 1 aliphatic rings. The second kappa shape index (κ2) is 4.81. The second-order valence-electron chi connectivity index (χ2n) is 5.43. The molecule has 0 saturated heterocycles. The van der Waals surface area contributed by atoms with E-state index in [2.05, 4.69) is 4.98 Å². The van der Waals surface area contributed by atoms with E-state index in [4.69, 9.17) is 0 Å². The number of fused-ring (bicyclic) bond motifs is 2. The van der Waals surface area contributed by atoms with E-state index in [1.54, 1.807) is 24.4 Å². The summed E-state index contributed by atoms with van der Waals surface area (Å²) in [6, 6.07) is 14.9. The quantitative estimate of drug-likeness (QED) is 0.693. The van der Waals surface area contributed by atoms with Crippen LogP contribution in [-0.4, -0.2) is 15.9 Å². The van der Waals surface area contributed by atoms with Crippen molar-refractivity contribution >= 4 is 22.8 Å². The van der Waals surface area contributed by atoms with Gasteiger partial charge in [-0.3, -0.25) is 9.78 Å². The standard InChI is InChI=1S/C19H13NO2/c21-18-5-1-4-15-16(18)11-14(19(15)22)9-12-6-7-13-3-2-8-20-17(13)10-12/h1-10,21H,11H2/b14-9+. The van der Waals surface area contributed by atoms with Crippen LogP contribution in [0.3, 0.4) is 0 Å². The number of aromatic nitrogens is 1. The minimum atomic E-state index is -0.00739. The Hall–Kier alpha value is -2.94. The maximum Gasteiger partial charge on any atom is 0.189 e. The van der Waals surface area contributed by atoms with Crippen molar-refractivity contribution < 1.29 is 9.90 Å². The van der Waals surface area contributed by atoms with Crippen LogP contribution in [-0.2, 0) is 6.42 Å². The number of Topliss-reactive ketones (excluding diaryl/α,β-unsaturated/α-hetero) is 1. The molecule has 1 N–H and O–H groups in total. The first-order chi connectivity index (χ1) is 10.7. The third-order valence-corrected chi connectivity index (χ3v) is 4.03. The van der Waals surface area contributed by atoms with Crippen molar-refractivity contribution in [1.29, 1.82) is 0 Å². The zero-order chi connectivity index (χ0) is 15.1. The Morgan fingerprint density at radius 1 is 1.09 bits per heavy atom. The molecule has 0 fully saturated rings. The van der Waals surface area contributed by atoms with E-state index in [1.807, 2.05) is 36.4 Å². The number of nitrogens with zero attached hydrogens (tertiary/aromatic N) is 1. The number of rotatable bonds is 1. The van der Waals surface area contributed by atoms with Crippen LogP contribution in [0.5, 0.6) is 5.75 Å². The average Bonchev–Trinajstić information content (AvgIpc) is 2.85. The fourth-order valence-corrected chi connectivity index (χ4v) is 2.91. The van der Waals surface area contributed by atoms with E-state index in [9.17, 15) is 9.90 Å². The number of carbonyl (C=O) groups is 1. The molecule has 3 aromatic rings. The van der Waals surface area contributed by atoms with Crippen LogP contribution in [0.15, 0.2) is 60.3 Å². The molecule has 1 aromatic heterocycles. The Bertz CT molecular complexity index is 941. The lowest BCUT2D eigenvalue weighted by Gasteiger charge is -2.00. The molecule has 0 bridgehead atoms. The van der Waals surface area contributed by atoms with E-state index in [1.165, 1.54) is 0 Å². The molecule has 0 aliphatic heterocycles. The molecule has 3 heteroatoms. The highest BCUT2D eigenvalue weighted by Crippen LogP contribution is 2.33. The summed E-state index contributed by atoms with van der Waals surface area (Å²) in [7, 11) is 0. The van der Waals surface area contributed by atoms with Gasteiger partial charge < -0.3 is 5.11 Å². The summed E-state index contributed by atoms with van der Waals surface area (Å²) in [5.74, 6) is 0.182. The van der Waals surface area contributed by atoms with Crippen molar-refractivity contribution in [3.05, 3.63) is 77.0 Å². The lowest BCUT2D eigenvalue weighted by Crippen LogP contribution is -1.95. The maximum atomic E-state index is 12.4. The zero-order valence-corrected chi connectivity index (χ0v) is 11.8. The largest absolute Gasteiger partial charge is 0.508 e. The van der Waals surface area contributed by atoms with Gasteiger partial charge >= 0.3 is 0 Å². The molecule has 4 rings (SSSR count). The number of carbonyl (C=O) groups excluding carboxylic acids is 1. The summed E-state index contributed by atoms with van der Waals surface area (Å²) in [6.07, 6.45) is 4.12. The molecule has 2 aromatic carbocycles. The van der Waals surface area contributed by atoms with Gasteiger partial charge in [-0.05, 0) is 29.8 Å². The van der Waals surface area contributed by atoms with Crippen LogP contribution in [0, 0.1) is 0 Å². The topological polar surface area (TPSA) is 50.2 Å². The zero-order valence-electron chi connectivity index (χ0n) is 11.8. The summed E-state index contributed by atoms with van der Waals surface area (Å²) in [5, 5.41) is 11.0. The molecular formula is C19H13NO2. The SMILES string of the molecule is O=C1/C(=C/c2ccc3cccnc3c2)Cc2c(O)cccc21. The number of hydrogen-bond acceptors (Lipinski definition) is 3. The van der Waals surface area contributed by atoms with Crippen molar-refractivity contribution in [3.8, 4) is 5.75 Å². The van der Waals surface area contributed by atoms with Crippen molar-refractivity contribution in [2.75, 3.05) is 0 Å². The van der Waals surface area contributed by atoms with Gasteiger partial charge in [-0.1, -0.05) is 30.3 Å². The Morgan fingerprint density at radius 3 is 2.86 bits per heavy atom. The molecule has 1 heterocycles. The number of benzene rings is 2. The van der Waals surface area contributed by atoms with Crippen molar-refractivity contribution in [2.24, 2.45) is 0 Å². The fraction of sp³-hybridized carbons (Fsp3) is 0.0526. The molecule has 0 atom stereocenters. The molecule has 3 nitrogen and oxygen atoms in total. The van der Waals surface area contributed by atoms with Gasteiger partial charge in [0.1, 0.15) is 5.75 Å². The van der Waals surface area contributed by atoms with Gasteiger partial charge in [-0.25, -0.2) is 0 Å². The summed E-state index contributed by atoms with van der Waals surface area (Å²) in [4.78, 5) is 16.8. The maximum absolute atomic E-state index is 12.4. The minimum Gasteiger partial charge on any atom is -0.508 e. The van der Waals surface area contributed by atoms with Crippen LogP contribution < -0.4 is 0 Å². The second-order valence-corrected chi connectivity index (χ2v) is 5.43. The molecule has 22 heavy (non-hydrogen) atoms. The van der Waals surface area contributed by atoms with E-state index in [-0.39, 0.29) is 11.5 Å². The van der Waals surface area contributed by atoms with Crippen LogP contribution in [0.25, 0.3) is 17.0 Å². The molecule has 1 aliphatic carbocycles. The van der Waals surface area contributed by atoms with Crippen molar-refractivity contribution in [1.82, 2.24) is 4.98 Å². The lowest BCUT2D eigenvalue weighted by atomic mass is 10.1. The number of phenolic OH excluding ortho intramolecular Hbond substituents is 1. The number of hydrogen-bond donors (Lipinski definition) is 1. The first kappa shape index (κ1) is 12.8. The smallest absolute Gasteiger partial charge is 0.189 e. The molecule has 0 spiro atoms. The minimum absolute atomic E-state index is 0.00739. The molecule has 0 amide bonds. The Kier molecular flexibility index (Phi) is 2.79. The van der Waals surface area contributed by atoms with Gasteiger partial charge in [0, 0.05) is 34.7 Å². The van der Waals surface area contributed by atoms with Gasteiger partial charge in [0.2, 0.25) is 0 Å². The highest BCUT2D eigenvalue weighted by molar-refractivity contribution is 6.16. The third-order valence-electron chi connectivity index (χ3n) is 4.03. The summed E-state index contributed by atoms with van der Waals surface area (Å²) in [6.45, 7) is 0. The highest BCUT2D eigenvalue weighted by Gasteiger charge is 2.26. The van der Waals surface area contributed by atoms with E-state index >= 15 is 0 Å².